The molecule has 2 atom stereocenters. The summed E-state index contributed by atoms with van der Waals surface area (Å²) in [7, 11) is 0. The van der Waals surface area contributed by atoms with Crippen LogP contribution in [0.4, 0.5) is 4.79 Å². The highest BCUT2D eigenvalue weighted by atomic mass is 16.5. The van der Waals surface area contributed by atoms with Crippen LogP contribution in [0.15, 0.2) is 28.8 Å². The van der Waals surface area contributed by atoms with Crippen LogP contribution in [0.25, 0.3) is 11.4 Å². The second-order valence-electron chi connectivity index (χ2n) is 7.35. The van der Waals surface area contributed by atoms with Crippen molar-refractivity contribution in [2.45, 2.75) is 51.2 Å². The van der Waals surface area contributed by atoms with Crippen LogP contribution in [0.3, 0.4) is 0 Å². The lowest BCUT2D eigenvalue weighted by Gasteiger charge is -2.36. The Hall–Kier alpha value is -2.74. The molecule has 2 aliphatic rings. The number of amides is 3. The van der Waals surface area contributed by atoms with Crippen LogP contribution < -0.4 is 11.1 Å². The van der Waals surface area contributed by atoms with Gasteiger partial charge in [0.05, 0.1) is 0 Å². The number of nitrogens with zero attached hydrogens (tertiary/aromatic N) is 3. The first-order valence-electron chi connectivity index (χ1n) is 9.29. The van der Waals surface area contributed by atoms with Crippen LogP contribution in [0.2, 0.25) is 0 Å². The fraction of sp³-hybridized carbons (Fsp3) is 0.474. The fourth-order valence-electron chi connectivity index (χ4n) is 4.00. The molecule has 0 bridgehead atoms. The van der Waals surface area contributed by atoms with E-state index in [1.807, 2.05) is 31.2 Å². The summed E-state index contributed by atoms with van der Waals surface area (Å²) >= 11 is 0. The molecule has 27 heavy (non-hydrogen) atoms. The standard InChI is InChI=1S/C19H23N5O3/c1-12-4-2-3-9-19(12)17(25)24(18(26)22-19)11-15-21-16(23-27-15)14-7-5-13(10-20)6-8-14/h5-8,12H,2-4,9-11,20H2,1H3,(H,22,26). The minimum absolute atomic E-state index is 0.0208. The highest BCUT2D eigenvalue weighted by molar-refractivity contribution is 6.07. The molecule has 4 rings (SSSR count). The van der Waals surface area contributed by atoms with E-state index in [0.29, 0.717) is 18.8 Å². The molecule has 1 saturated carbocycles. The van der Waals surface area contributed by atoms with Gasteiger partial charge in [0.2, 0.25) is 11.7 Å². The summed E-state index contributed by atoms with van der Waals surface area (Å²) in [5.41, 5.74) is 6.62. The Morgan fingerprint density at radius 1 is 1.30 bits per heavy atom. The van der Waals surface area contributed by atoms with Crippen LogP contribution in [0.5, 0.6) is 0 Å². The molecule has 1 aliphatic heterocycles. The largest absolute Gasteiger partial charge is 0.337 e. The summed E-state index contributed by atoms with van der Waals surface area (Å²) in [4.78, 5) is 31.0. The second-order valence-corrected chi connectivity index (χ2v) is 7.35. The molecule has 2 unspecified atom stereocenters. The van der Waals surface area contributed by atoms with Gasteiger partial charge in [-0.25, -0.2) is 4.79 Å². The van der Waals surface area contributed by atoms with Gasteiger partial charge in [-0.05, 0) is 24.3 Å². The van der Waals surface area contributed by atoms with Crippen molar-refractivity contribution in [1.29, 1.82) is 0 Å². The van der Waals surface area contributed by atoms with E-state index in [2.05, 4.69) is 15.5 Å². The predicted octanol–water partition coefficient (Wildman–Crippen LogP) is 2.20. The van der Waals surface area contributed by atoms with Crippen molar-refractivity contribution in [3.8, 4) is 11.4 Å². The fourth-order valence-corrected chi connectivity index (χ4v) is 4.00. The van der Waals surface area contributed by atoms with E-state index in [9.17, 15) is 9.59 Å². The van der Waals surface area contributed by atoms with E-state index < -0.39 is 5.54 Å². The number of carbonyl (C=O) groups is 2. The number of aromatic nitrogens is 2. The molecule has 2 heterocycles. The lowest BCUT2D eigenvalue weighted by atomic mass is 9.73. The third-order valence-electron chi connectivity index (χ3n) is 5.71. The molecule has 3 amide bonds. The van der Waals surface area contributed by atoms with E-state index in [4.69, 9.17) is 10.3 Å². The summed E-state index contributed by atoms with van der Waals surface area (Å²) < 4.78 is 5.28. The number of nitrogens with two attached hydrogens (primary N) is 1. The van der Waals surface area contributed by atoms with Gasteiger partial charge in [0.15, 0.2) is 0 Å². The quantitative estimate of drug-likeness (QED) is 0.799. The molecule has 3 N–H and O–H groups in total. The molecular formula is C19H23N5O3. The SMILES string of the molecule is CC1CCCCC12NC(=O)N(Cc1nc(-c3ccc(CN)cc3)no1)C2=O. The van der Waals surface area contributed by atoms with E-state index in [0.717, 1.165) is 30.4 Å². The number of hydrogen-bond donors (Lipinski definition) is 2. The first-order chi connectivity index (χ1) is 13.0. The van der Waals surface area contributed by atoms with Gasteiger partial charge in [0.25, 0.3) is 5.91 Å². The minimum atomic E-state index is -0.782. The summed E-state index contributed by atoms with van der Waals surface area (Å²) in [6.45, 7) is 2.47. The third-order valence-corrected chi connectivity index (χ3v) is 5.71. The summed E-state index contributed by atoms with van der Waals surface area (Å²) in [6, 6.07) is 7.14. The van der Waals surface area contributed by atoms with Gasteiger partial charge < -0.3 is 15.6 Å². The zero-order chi connectivity index (χ0) is 19.0. The first kappa shape index (κ1) is 17.7. The minimum Gasteiger partial charge on any atom is -0.337 e. The van der Waals surface area contributed by atoms with E-state index >= 15 is 0 Å². The molecule has 2 fully saturated rings. The monoisotopic (exact) mass is 369 g/mol. The summed E-state index contributed by atoms with van der Waals surface area (Å²) in [6.07, 6.45) is 3.64. The number of nitrogens with one attached hydrogen (secondary N) is 1. The average Bonchev–Trinajstić information content (AvgIpc) is 3.24. The highest BCUT2D eigenvalue weighted by Gasteiger charge is 2.55. The molecule has 1 spiro atoms. The molecule has 1 aromatic heterocycles. The number of carbonyl (C=O) groups excluding carboxylic acids is 2. The summed E-state index contributed by atoms with van der Waals surface area (Å²) in [5, 5.41) is 6.89. The smallest absolute Gasteiger partial charge is 0.325 e. The molecule has 0 radical (unpaired) electrons. The number of urea groups is 1. The normalized spacial score (nSPS) is 25.3. The third kappa shape index (κ3) is 2.99. The van der Waals surface area contributed by atoms with Crippen molar-refractivity contribution in [2.24, 2.45) is 11.7 Å². The lowest BCUT2D eigenvalue weighted by Crippen LogP contribution is -2.53. The van der Waals surface area contributed by atoms with Crippen LogP contribution in [0.1, 0.15) is 44.1 Å². The van der Waals surface area contributed by atoms with E-state index in [1.165, 1.54) is 4.90 Å². The maximum Gasteiger partial charge on any atom is 0.325 e. The van der Waals surface area contributed by atoms with Gasteiger partial charge in [0, 0.05) is 12.1 Å². The van der Waals surface area contributed by atoms with Crippen LogP contribution in [-0.4, -0.2) is 32.5 Å². The van der Waals surface area contributed by atoms with E-state index in [1.54, 1.807) is 0 Å². The molecular weight excluding hydrogens is 346 g/mol. The van der Waals surface area contributed by atoms with Crippen molar-refractivity contribution < 1.29 is 14.1 Å². The van der Waals surface area contributed by atoms with Gasteiger partial charge in [0.1, 0.15) is 12.1 Å². The average molecular weight is 369 g/mol. The maximum absolute atomic E-state index is 13.0. The number of imide groups is 1. The van der Waals surface area contributed by atoms with Crippen LogP contribution in [0, 0.1) is 5.92 Å². The lowest BCUT2D eigenvalue weighted by molar-refractivity contribution is -0.134. The van der Waals surface area contributed by atoms with Gasteiger partial charge in [-0.2, -0.15) is 4.98 Å². The Labute approximate surface area is 157 Å². The van der Waals surface area contributed by atoms with Crippen molar-refractivity contribution in [3.05, 3.63) is 35.7 Å². The molecule has 142 valence electrons. The molecule has 2 aromatic rings. The molecule has 1 saturated heterocycles. The van der Waals surface area contributed by atoms with Gasteiger partial charge >= 0.3 is 6.03 Å². The van der Waals surface area contributed by atoms with Crippen LogP contribution in [-0.2, 0) is 17.9 Å². The number of benzene rings is 1. The van der Waals surface area contributed by atoms with Gasteiger partial charge in [-0.1, -0.05) is 49.2 Å². The Morgan fingerprint density at radius 2 is 2.07 bits per heavy atom. The Bertz CT molecular complexity index is 862. The molecule has 8 heteroatoms. The Morgan fingerprint density at radius 3 is 2.78 bits per heavy atom. The zero-order valence-corrected chi connectivity index (χ0v) is 15.3. The maximum atomic E-state index is 13.0. The van der Waals surface area contributed by atoms with E-state index in [-0.39, 0.29) is 30.3 Å². The van der Waals surface area contributed by atoms with Gasteiger partial charge in [-0.3, -0.25) is 9.69 Å². The van der Waals surface area contributed by atoms with Gasteiger partial charge in [-0.15, -0.1) is 0 Å². The molecule has 1 aliphatic carbocycles. The first-order valence-corrected chi connectivity index (χ1v) is 9.29. The van der Waals surface area contributed by atoms with Crippen molar-refractivity contribution in [3.63, 3.8) is 0 Å². The zero-order valence-electron chi connectivity index (χ0n) is 15.3. The number of rotatable bonds is 4. The Kier molecular flexibility index (Phi) is 4.43. The Balaban J connectivity index is 1.52. The van der Waals surface area contributed by atoms with Crippen molar-refractivity contribution >= 4 is 11.9 Å². The molecule has 1 aromatic carbocycles. The topological polar surface area (TPSA) is 114 Å². The predicted molar refractivity (Wildman–Crippen MR) is 97.1 cm³/mol. The second kappa shape index (κ2) is 6.77. The van der Waals surface area contributed by atoms with Crippen molar-refractivity contribution in [2.75, 3.05) is 0 Å². The molecule has 8 nitrogen and oxygen atoms in total. The highest BCUT2D eigenvalue weighted by Crippen LogP contribution is 2.38. The van der Waals surface area contributed by atoms with Crippen LogP contribution >= 0.6 is 0 Å². The summed E-state index contributed by atoms with van der Waals surface area (Å²) in [5.74, 6) is 0.581. The van der Waals surface area contributed by atoms with Crippen molar-refractivity contribution in [1.82, 2.24) is 20.4 Å². The number of hydrogen-bond acceptors (Lipinski definition) is 6.